The number of aryl methyl sites for hydroxylation is 1. The Balaban J connectivity index is 3.10. The molecule has 0 bridgehead atoms. The van der Waals surface area contributed by atoms with Crippen LogP contribution in [0.15, 0.2) is 12.1 Å². The molecule has 0 unspecified atom stereocenters. The zero-order chi connectivity index (χ0) is 9.14. The van der Waals surface area contributed by atoms with Crippen molar-refractivity contribution in [1.29, 1.82) is 0 Å². The standard InChI is InChI=1S/C10H12ClF/c1-3-4-8-9(11)5-7(2)6-10(8)12/h5-6H,3-4H2,1-2H3. The predicted octanol–water partition coefficient (Wildman–Crippen LogP) is 3.74. The van der Waals surface area contributed by atoms with Crippen molar-refractivity contribution in [2.24, 2.45) is 0 Å². The average Bonchev–Trinajstić information content (AvgIpc) is 1.96. The summed E-state index contributed by atoms with van der Waals surface area (Å²) in [6.07, 6.45) is 1.63. The van der Waals surface area contributed by atoms with E-state index >= 15 is 0 Å². The van der Waals surface area contributed by atoms with Crippen LogP contribution in [0.25, 0.3) is 0 Å². The fraction of sp³-hybridized carbons (Fsp3) is 0.400. The molecule has 0 aliphatic carbocycles. The Morgan fingerprint density at radius 2 is 2.08 bits per heavy atom. The van der Waals surface area contributed by atoms with E-state index in [4.69, 9.17) is 11.6 Å². The Morgan fingerprint density at radius 3 is 2.58 bits per heavy atom. The van der Waals surface area contributed by atoms with Crippen LogP contribution in [0.5, 0.6) is 0 Å². The predicted molar refractivity (Wildman–Crippen MR) is 50.1 cm³/mol. The monoisotopic (exact) mass is 186 g/mol. The molecule has 0 aliphatic heterocycles. The largest absolute Gasteiger partial charge is 0.207 e. The van der Waals surface area contributed by atoms with Crippen molar-refractivity contribution in [3.63, 3.8) is 0 Å². The molecule has 1 aromatic carbocycles. The lowest BCUT2D eigenvalue weighted by atomic mass is 10.1. The van der Waals surface area contributed by atoms with Gasteiger partial charge >= 0.3 is 0 Å². The van der Waals surface area contributed by atoms with Gasteiger partial charge in [-0.3, -0.25) is 0 Å². The van der Waals surface area contributed by atoms with E-state index in [1.807, 2.05) is 13.8 Å². The minimum absolute atomic E-state index is 0.179. The average molecular weight is 187 g/mol. The molecule has 1 rings (SSSR count). The Bertz CT molecular complexity index is 258. The molecule has 2 heteroatoms. The fourth-order valence-electron chi connectivity index (χ4n) is 1.22. The van der Waals surface area contributed by atoms with E-state index < -0.39 is 0 Å². The molecule has 12 heavy (non-hydrogen) atoms. The number of rotatable bonds is 2. The molecule has 1 aromatic rings. The molecule has 0 nitrogen and oxygen atoms in total. The van der Waals surface area contributed by atoms with Crippen LogP contribution in [-0.4, -0.2) is 0 Å². The van der Waals surface area contributed by atoms with Gasteiger partial charge in [-0.05, 0) is 31.0 Å². The van der Waals surface area contributed by atoms with E-state index in [9.17, 15) is 4.39 Å². The first kappa shape index (κ1) is 9.53. The quantitative estimate of drug-likeness (QED) is 0.660. The van der Waals surface area contributed by atoms with Crippen molar-refractivity contribution in [2.75, 3.05) is 0 Å². The number of hydrogen-bond acceptors (Lipinski definition) is 0. The van der Waals surface area contributed by atoms with Gasteiger partial charge in [0.05, 0.1) is 0 Å². The molecule has 0 saturated carbocycles. The normalized spacial score (nSPS) is 10.3. The van der Waals surface area contributed by atoms with E-state index in [-0.39, 0.29) is 5.82 Å². The topological polar surface area (TPSA) is 0 Å². The summed E-state index contributed by atoms with van der Waals surface area (Å²) >= 11 is 5.87. The van der Waals surface area contributed by atoms with Gasteiger partial charge in [-0.1, -0.05) is 24.9 Å². The van der Waals surface area contributed by atoms with Crippen molar-refractivity contribution in [2.45, 2.75) is 26.7 Å². The second-order valence-electron chi connectivity index (χ2n) is 2.96. The fourth-order valence-corrected chi connectivity index (χ4v) is 1.58. The molecular weight excluding hydrogens is 175 g/mol. The first-order chi connectivity index (χ1) is 5.65. The highest BCUT2D eigenvalue weighted by Gasteiger charge is 2.06. The maximum absolute atomic E-state index is 13.2. The second-order valence-corrected chi connectivity index (χ2v) is 3.36. The SMILES string of the molecule is CCCc1c(F)cc(C)cc1Cl. The van der Waals surface area contributed by atoms with E-state index in [0.29, 0.717) is 17.0 Å². The van der Waals surface area contributed by atoms with Crippen molar-refractivity contribution in [1.82, 2.24) is 0 Å². The van der Waals surface area contributed by atoms with Gasteiger partial charge < -0.3 is 0 Å². The lowest BCUT2D eigenvalue weighted by Crippen LogP contribution is -1.92. The van der Waals surface area contributed by atoms with Gasteiger partial charge in [0.25, 0.3) is 0 Å². The van der Waals surface area contributed by atoms with E-state index in [1.54, 1.807) is 6.07 Å². The summed E-state index contributed by atoms with van der Waals surface area (Å²) in [6.45, 7) is 3.85. The maximum Gasteiger partial charge on any atom is 0.128 e. The number of hydrogen-bond donors (Lipinski definition) is 0. The van der Waals surface area contributed by atoms with Crippen LogP contribution in [0.1, 0.15) is 24.5 Å². The summed E-state index contributed by atoms with van der Waals surface area (Å²) in [7, 11) is 0. The van der Waals surface area contributed by atoms with Gasteiger partial charge in [0, 0.05) is 10.6 Å². The van der Waals surface area contributed by atoms with Gasteiger partial charge in [-0.2, -0.15) is 0 Å². The molecule has 0 atom stereocenters. The Kier molecular flexibility index (Phi) is 3.10. The third kappa shape index (κ3) is 1.98. The van der Waals surface area contributed by atoms with Gasteiger partial charge in [0.2, 0.25) is 0 Å². The molecule has 0 saturated heterocycles. The van der Waals surface area contributed by atoms with Crippen molar-refractivity contribution in [3.05, 3.63) is 34.1 Å². The molecule has 0 amide bonds. The molecule has 0 radical (unpaired) electrons. The van der Waals surface area contributed by atoms with E-state index in [1.165, 1.54) is 6.07 Å². The first-order valence-corrected chi connectivity index (χ1v) is 4.47. The summed E-state index contributed by atoms with van der Waals surface area (Å²) < 4.78 is 13.2. The van der Waals surface area contributed by atoms with Crippen LogP contribution in [-0.2, 0) is 6.42 Å². The summed E-state index contributed by atoms with van der Waals surface area (Å²) in [4.78, 5) is 0. The van der Waals surface area contributed by atoms with Crippen molar-refractivity contribution in [3.8, 4) is 0 Å². The van der Waals surface area contributed by atoms with Gasteiger partial charge in [0.1, 0.15) is 5.82 Å². The van der Waals surface area contributed by atoms with E-state index in [0.717, 1.165) is 12.0 Å². The number of halogens is 2. The third-order valence-corrected chi connectivity index (χ3v) is 2.12. The Morgan fingerprint density at radius 1 is 1.42 bits per heavy atom. The minimum Gasteiger partial charge on any atom is -0.207 e. The smallest absolute Gasteiger partial charge is 0.128 e. The third-order valence-electron chi connectivity index (χ3n) is 1.79. The number of benzene rings is 1. The molecule has 0 fully saturated rings. The van der Waals surface area contributed by atoms with E-state index in [2.05, 4.69) is 0 Å². The second kappa shape index (κ2) is 3.90. The van der Waals surface area contributed by atoms with Crippen LogP contribution >= 0.6 is 11.6 Å². The lowest BCUT2D eigenvalue weighted by molar-refractivity contribution is 0.606. The van der Waals surface area contributed by atoms with Crippen molar-refractivity contribution >= 4 is 11.6 Å². The van der Waals surface area contributed by atoms with Gasteiger partial charge in [-0.15, -0.1) is 0 Å². The highest BCUT2D eigenvalue weighted by molar-refractivity contribution is 6.31. The van der Waals surface area contributed by atoms with Crippen LogP contribution in [0.4, 0.5) is 4.39 Å². The first-order valence-electron chi connectivity index (χ1n) is 4.09. The van der Waals surface area contributed by atoms with Crippen LogP contribution < -0.4 is 0 Å². The van der Waals surface area contributed by atoms with Crippen LogP contribution in [0, 0.1) is 12.7 Å². The Hall–Kier alpha value is -0.560. The molecule has 0 N–H and O–H groups in total. The molecule has 0 aliphatic rings. The summed E-state index contributed by atoms with van der Waals surface area (Å²) in [6, 6.07) is 3.33. The molecular formula is C10H12ClF. The van der Waals surface area contributed by atoms with Crippen molar-refractivity contribution < 1.29 is 4.39 Å². The molecule has 0 aromatic heterocycles. The minimum atomic E-state index is -0.179. The van der Waals surface area contributed by atoms with Crippen LogP contribution in [0.3, 0.4) is 0 Å². The zero-order valence-corrected chi connectivity index (χ0v) is 8.08. The Labute approximate surface area is 77.4 Å². The molecule has 66 valence electrons. The highest BCUT2D eigenvalue weighted by Crippen LogP contribution is 2.22. The van der Waals surface area contributed by atoms with Crippen LogP contribution in [0.2, 0.25) is 5.02 Å². The van der Waals surface area contributed by atoms with Gasteiger partial charge in [-0.25, -0.2) is 4.39 Å². The lowest BCUT2D eigenvalue weighted by Gasteiger charge is -2.05. The zero-order valence-electron chi connectivity index (χ0n) is 7.32. The molecule has 0 heterocycles. The van der Waals surface area contributed by atoms with Gasteiger partial charge in [0.15, 0.2) is 0 Å². The summed E-state index contributed by atoms with van der Waals surface area (Å²) in [5, 5.41) is 0.550. The highest BCUT2D eigenvalue weighted by atomic mass is 35.5. The maximum atomic E-state index is 13.2. The summed E-state index contributed by atoms with van der Waals surface area (Å²) in [5.41, 5.74) is 1.52. The molecule has 0 spiro atoms. The summed E-state index contributed by atoms with van der Waals surface area (Å²) in [5.74, 6) is -0.179.